The fourth-order valence-electron chi connectivity index (χ4n) is 3.57. The second-order valence-electron chi connectivity index (χ2n) is 6.99. The summed E-state index contributed by atoms with van der Waals surface area (Å²) in [5.74, 6) is 1.92. The number of carbonyl (C=O) groups is 1. The molecule has 1 aliphatic rings. The third kappa shape index (κ3) is 3.74. The van der Waals surface area contributed by atoms with Crippen molar-refractivity contribution in [3.05, 3.63) is 66.6 Å². The molecular weight excluding hydrogens is 356 g/mol. The van der Waals surface area contributed by atoms with Gasteiger partial charge in [-0.15, -0.1) is 0 Å². The van der Waals surface area contributed by atoms with Crippen LogP contribution in [0.1, 0.15) is 23.2 Å². The number of amides is 1. The molecule has 0 saturated carbocycles. The highest BCUT2D eigenvalue weighted by molar-refractivity contribution is 5.92. The van der Waals surface area contributed by atoms with Crippen LogP contribution in [-0.2, 0) is 6.54 Å². The van der Waals surface area contributed by atoms with Gasteiger partial charge in [-0.25, -0.2) is 4.98 Å². The molecular formula is C21H24N4O3. The minimum atomic E-state index is -0.0567. The van der Waals surface area contributed by atoms with Crippen LogP contribution in [-0.4, -0.2) is 53.1 Å². The maximum Gasteiger partial charge on any atom is 0.289 e. The molecule has 0 spiro atoms. The second kappa shape index (κ2) is 7.80. The number of benzene rings is 1. The quantitative estimate of drug-likeness (QED) is 0.681. The standard InChI is InChI=1S/C21H24N4O3/c1-16-13-24(17-3-5-18(27-2)6-4-17)11-12-25(16)21(26)20-8-7-19(28-20)14-23-10-9-22-15-23/h3-10,15-16H,11-14H2,1-2H3. The van der Waals surface area contributed by atoms with E-state index in [2.05, 4.69) is 28.9 Å². The Morgan fingerprint density at radius 2 is 2.04 bits per heavy atom. The molecule has 0 bridgehead atoms. The summed E-state index contributed by atoms with van der Waals surface area (Å²) in [5.41, 5.74) is 1.14. The Balaban J connectivity index is 1.40. The molecule has 1 aromatic carbocycles. The Bertz CT molecular complexity index is 918. The van der Waals surface area contributed by atoms with Crippen molar-refractivity contribution in [2.75, 3.05) is 31.6 Å². The Kier molecular flexibility index (Phi) is 5.06. The number of imidazole rings is 1. The zero-order valence-electron chi connectivity index (χ0n) is 16.1. The Morgan fingerprint density at radius 3 is 2.71 bits per heavy atom. The van der Waals surface area contributed by atoms with Gasteiger partial charge >= 0.3 is 0 Å². The highest BCUT2D eigenvalue weighted by Gasteiger charge is 2.29. The van der Waals surface area contributed by atoms with Crippen molar-refractivity contribution >= 4 is 11.6 Å². The molecule has 1 unspecified atom stereocenters. The van der Waals surface area contributed by atoms with Crippen LogP contribution in [0.25, 0.3) is 0 Å². The van der Waals surface area contributed by atoms with Gasteiger partial charge in [-0.1, -0.05) is 0 Å². The SMILES string of the molecule is COc1ccc(N2CCN(C(=O)c3ccc(Cn4ccnc4)o3)C(C)C2)cc1. The monoisotopic (exact) mass is 380 g/mol. The third-order valence-electron chi connectivity index (χ3n) is 5.10. The van der Waals surface area contributed by atoms with Crippen LogP contribution in [0.2, 0.25) is 0 Å². The highest BCUT2D eigenvalue weighted by atomic mass is 16.5. The van der Waals surface area contributed by atoms with Crippen LogP contribution in [0.5, 0.6) is 5.75 Å². The summed E-state index contributed by atoms with van der Waals surface area (Å²) in [6, 6.07) is 11.7. The lowest BCUT2D eigenvalue weighted by molar-refractivity contribution is 0.0639. The number of nitrogens with zero attached hydrogens (tertiary/aromatic N) is 4. The van der Waals surface area contributed by atoms with Gasteiger partial charge in [0, 0.05) is 43.8 Å². The zero-order chi connectivity index (χ0) is 19.5. The molecule has 0 radical (unpaired) electrons. The molecule has 7 nitrogen and oxygen atoms in total. The van der Waals surface area contributed by atoms with Gasteiger partial charge in [-0.2, -0.15) is 0 Å². The lowest BCUT2D eigenvalue weighted by atomic mass is 10.1. The number of hydrogen-bond acceptors (Lipinski definition) is 5. The topological polar surface area (TPSA) is 63.7 Å². The first kappa shape index (κ1) is 18.2. The van der Waals surface area contributed by atoms with Crippen molar-refractivity contribution in [3.63, 3.8) is 0 Å². The van der Waals surface area contributed by atoms with Gasteiger partial charge < -0.3 is 23.5 Å². The third-order valence-corrected chi connectivity index (χ3v) is 5.10. The number of ether oxygens (including phenoxy) is 1. The fraction of sp³-hybridized carbons (Fsp3) is 0.333. The summed E-state index contributed by atoms with van der Waals surface area (Å²) in [6.07, 6.45) is 5.31. The van der Waals surface area contributed by atoms with Crippen LogP contribution in [0.15, 0.2) is 59.5 Å². The first-order chi connectivity index (χ1) is 13.6. The number of methoxy groups -OCH3 is 1. The van der Waals surface area contributed by atoms with E-state index in [0.717, 1.165) is 30.3 Å². The van der Waals surface area contributed by atoms with Crippen molar-refractivity contribution in [1.82, 2.24) is 14.5 Å². The largest absolute Gasteiger partial charge is 0.497 e. The molecule has 28 heavy (non-hydrogen) atoms. The lowest BCUT2D eigenvalue weighted by Gasteiger charge is -2.40. The Hall–Kier alpha value is -3.22. The molecule has 0 aliphatic carbocycles. The molecule has 1 amide bonds. The van der Waals surface area contributed by atoms with Crippen molar-refractivity contribution in [2.24, 2.45) is 0 Å². The van der Waals surface area contributed by atoms with Crippen molar-refractivity contribution in [2.45, 2.75) is 19.5 Å². The van der Waals surface area contributed by atoms with Crippen LogP contribution in [0.3, 0.4) is 0 Å². The summed E-state index contributed by atoms with van der Waals surface area (Å²) in [7, 11) is 1.66. The first-order valence-corrected chi connectivity index (χ1v) is 9.38. The average molecular weight is 380 g/mol. The minimum absolute atomic E-state index is 0.0567. The summed E-state index contributed by atoms with van der Waals surface area (Å²) in [5, 5.41) is 0. The molecule has 4 rings (SSSR count). The predicted molar refractivity (Wildman–Crippen MR) is 106 cm³/mol. The molecule has 1 atom stereocenters. The van der Waals surface area contributed by atoms with Crippen LogP contribution in [0, 0.1) is 0 Å². The molecule has 0 N–H and O–H groups in total. The molecule has 1 saturated heterocycles. The lowest BCUT2D eigenvalue weighted by Crippen LogP contribution is -2.54. The molecule has 3 aromatic rings. The van der Waals surface area contributed by atoms with E-state index in [-0.39, 0.29) is 11.9 Å². The molecule has 1 aliphatic heterocycles. The number of anilines is 1. The molecule has 2 aromatic heterocycles. The fourth-order valence-corrected chi connectivity index (χ4v) is 3.57. The summed E-state index contributed by atoms with van der Waals surface area (Å²) < 4.78 is 12.9. The van der Waals surface area contributed by atoms with Gasteiger partial charge in [-0.05, 0) is 43.3 Å². The van der Waals surface area contributed by atoms with Gasteiger partial charge in [0.25, 0.3) is 5.91 Å². The van der Waals surface area contributed by atoms with Gasteiger partial charge in [-0.3, -0.25) is 4.79 Å². The van der Waals surface area contributed by atoms with Crippen molar-refractivity contribution < 1.29 is 13.9 Å². The van der Waals surface area contributed by atoms with E-state index < -0.39 is 0 Å². The molecule has 146 valence electrons. The van der Waals surface area contributed by atoms with Gasteiger partial charge in [0.05, 0.1) is 20.0 Å². The molecule has 3 heterocycles. The summed E-state index contributed by atoms with van der Waals surface area (Å²) in [4.78, 5) is 21.1. The van der Waals surface area contributed by atoms with Crippen LogP contribution >= 0.6 is 0 Å². The van der Waals surface area contributed by atoms with Crippen molar-refractivity contribution in [1.29, 1.82) is 0 Å². The smallest absolute Gasteiger partial charge is 0.289 e. The zero-order valence-corrected chi connectivity index (χ0v) is 16.1. The average Bonchev–Trinajstić information content (AvgIpc) is 3.40. The highest BCUT2D eigenvalue weighted by Crippen LogP contribution is 2.23. The Morgan fingerprint density at radius 1 is 1.21 bits per heavy atom. The van der Waals surface area contributed by atoms with Gasteiger partial charge in [0.15, 0.2) is 5.76 Å². The van der Waals surface area contributed by atoms with E-state index >= 15 is 0 Å². The molecule has 1 fully saturated rings. The summed E-state index contributed by atoms with van der Waals surface area (Å²) >= 11 is 0. The number of piperazine rings is 1. The van der Waals surface area contributed by atoms with E-state index in [1.54, 1.807) is 25.7 Å². The van der Waals surface area contributed by atoms with E-state index in [4.69, 9.17) is 9.15 Å². The number of furan rings is 1. The number of rotatable bonds is 5. The number of aromatic nitrogens is 2. The minimum Gasteiger partial charge on any atom is -0.497 e. The summed E-state index contributed by atoms with van der Waals surface area (Å²) in [6.45, 7) is 4.85. The van der Waals surface area contributed by atoms with E-state index in [9.17, 15) is 4.79 Å². The van der Waals surface area contributed by atoms with Crippen LogP contribution in [0.4, 0.5) is 5.69 Å². The van der Waals surface area contributed by atoms with E-state index in [1.165, 1.54) is 0 Å². The number of carbonyl (C=O) groups excluding carboxylic acids is 1. The molecule has 7 heteroatoms. The van der Waals surface area contributed by atoms with Gasteiger partial charge in [0.1, 0.15) is 11.5 Å². The maximum atomic E-state index is 12.9. The van der Waals surface area contributed by atoms with Crippen molar-refractivity contribution in [3.8, 4) is 5.75 Å². The second-order valence-corrected chi connectivity index (χ2v) is 6.99. The van der Waals surface area contributed by atoms with Crippen LogP contribution < -0.4 is 9.64 Å². The first-order valence-electron chi connectivity index (χ1n) is 9.38. The normalized spacial score (nSPS) is 17.0. The van der Waals surface area contributed by atoms with E-state index in [0.29, 0.717) is 18.8 Å². The maximum absolute atomic E-state index is 12.9. The number of hydrogen-bond donors (Lipinski definition) is 0. The Labute approximate surface area is 164 Å². The van der Waals surface area contributed by atoms with E-state index in [1.807, 2.05) is 33.9 Å². The van der Waals surface area contributed by atoms with Gasteiger partial charge in [0.2, 0.25) is 0 Å². The predicted octanol–water partition coefficient (Wildman–Crippen LogP) is 2.88.